The van der Waals surface area contributed by atoms with Crippen LogP contribution in [0.15, 0.2) is 18.2 Å². The Morgan fingerprint density at radius 3 is 2.70 bits per heavy atom. The van der Waals surface area contributed by atoms with Crippen molar-refractivity contribution in [1.82, 2.24) is 9.80 Å². The fraction of sp³-hybridized carbons (Fsp3) is 0.500. The summed E-state index contributed by atoms with van der Waals surface area (Å²) in [5.74, 6) is 0.107. The first-order valence-corrected chi connectivity index (χ1v) is 8.00. The van der Waals surface area contributed by atoms with Crippen molar-refractivity contribution in [3.8, 4) is 5.75 Å². The second-order valence-electron chi connectivity index (χ2n) is 4.79. The number of phenolic OH excluding ortho intramolecular Hbond substituents is 1. The second kappa shape index (κ2) is 6.95. The average Bonchev–Trinajstić information content (AvgIpc) is 2.47. The number of benzene rings is 1. The number of hydrogen-bond acceptors (Lipinski definition) is 4. The van der Waals surface area contributed by atoms with Crippen LogP contribution in [0.2, 0.25) is 0 Å². The summed E-state index contributed by atoms with van der Waals surface area (Å²) in [6, 6.07) is 3.46. The number of phenols is 1. The van der Waals surface area contributed by atoms with Crippen LogP contribution in [0, 0.1) is 5.82 Å². The lowest BCUT2D eigenvalue weighted by atomic mass is 10.1. The first-order chi connectivity index (χ1) is 9.61. The van der Waals surface area contributed by atoms with Crippen molar-refractivity contribution in [3.05, 3.63) is 29.6 Å². The highest BCUT2D eigenvalue weighted by molar-refractivity contribution is 7.98. The van der Waals surface area contributed by atoms with Gasteiger partial charge in [-0.25, -0.2) is 4.39 Å². The molecule has 20 heavy (non-hydrogen) atoms. The minimum absolute atomic E-state index is 0.0440. The molecule has 1 saturated heterocycles. The molecule has 1 aliphatic rings. The number of aromatic hydroxyl groups is 1. The number of amides is 1. The van der Waals surface area contributed by atoms with Crippen molar-refractivity contribution in [2.45, 2.75) is 0 Å². The van der Waals surface area contributed by atoms with Crippen molar-refractivity contribution in [3.63, 3.8) is 0 Å². The van der Waals surface area contributed by atoms with Crippen LogP contribution < -0.4 is 0 Å². The first-order valence-electron chi connectivity index (χ1n) is 6.61. The molecule has 1 aromatic rings. The van der Waals surface area contributed by atoms with Gasteiger partial charge in [0.2, 0.25) is 0 Å². The maximum absolute atomic E-state index is 13.2. The molecule has 1 amide bonds. The van der Waals surface area contributed by atoms with E-state index in [1.54, 1.807) is 16.7 Å². The van der Waals surface area contributed by atoms with E-state index in [-0.39, 0.29) is 17.2 Å². The minimum atomic E-state index is -0.509. The topological polar surface area (TPSA) is 43.8 Å². The van der Waals surface area contributed by atoms with Gasteiger partial charge in [-0.3, -0.25) is 9.69 Å². The Labute approximate surface area is 122 Å². The molecule has 4 nitrogen and oxygen atoms in total. The van der Waals surface area contributed by atoms with Crippen LogP contribution in [0.1, 0.15) is 10.4 Å². The molecule has 6 heteroatoms. The fourth-order valence-electron chi connectivity index (χ4n) is 2.24. The first kappa shape index (κ1) is 15.1. The predicted octanol–water partition coefficient (Wildman–Crippen LogP) is 1.65. The molecule has 0 aromatic heterocycles. The maximum Gasteiger partial charge on any atom is 0.257 e. The molecule has 0 atom stereocenters. The monoisotopic (exact) mass is 298 g/mol. The van der Waals surface area contributed by atoms with E-state index >= 15 is 0 Å². The van der Waals surface area contributed by atoms with Gasteiger partial charge in [-0.2, -0.15) is 11.8 Å². The van der Waals surface area contributed by atoms with Crippen LogP contribution in [-0.4, -0.2) is 65.5 Å². The molecular formula is C14H19FN2O2S. The Morgan fingerprint density at radius 1 is 1.35 bits per heavy atom. The van der Waals surface area contributed by atoms with Crippen LogP contribution in [0.4, 0.5) is 4.39 Å². The number of rotatable bonds is 4. The summed E-state index contributed by atoms with van der Waals surface area (Å²) in [6.07, 6.45) is 2.08. The third kappa shape index (κ3) is 3.64. The van der Waals surface area contributed by atoms with Gasteiger partial charge in [0, 0.05) is 38.5 Å². The van der Waals surface area contributed by atoms with Crippen molar-refractivity contribution >= 4 is 17.7 Å². The zero-order valence-corrected chi connectivity index (χ0v) is 12.3. The van der Waals surface area contributed by atoms with Crippen molar-refractivity contribution in [1.29, 1.82) is 0 Å². The Kier molecular flexibility index (Phi) is 5.25. The molecule has 1 aliphatic heterocycles. The highest BCUT2D eigenvalue weighted by Gasteiger charge is 2.23. The number of piperazine rings is 1. The third-order valence-corrected chi connectivity index (χ3v) is 4.05. The molecule has 1 N–H and O–H groups in total. The smallest absolute Gasteiger partial charge is 0.257 e. The molecule has 0 spiro atoms. The van der Waals surface area contributed by atoms with Gasteiger partial charge in [-0.15, -0.1) is 0 Å². The maximum atomic E-state index is 13.2. The van der Waals surface area contributed by atoms with Gasteiger partial charge in [-0.1, -0.05) is 0 Å². The van der Waals surface area contributed by atoms with E-state index in [2.05, 4.69) is 11.2 Å². The molecule has 0 unspecified atom stereocenters. The van der Waals surface area contributed by atoms with Crippen LogP contribution in [-0.2, 0) is 0 Å². The summed E-state index contributed by atoms with van der Waals surface area (Å²) in [6.45, 7) is 3.89. The summed E-state index contributed by atoms with van der Waals surface area (Å²) in [5.41, 5.74) is 0.0440. The lowest BCUT2D eigenvalue weighted by molar-refractivity contribution is 0.0641. The van der Waals surface area contributed by atoms with E-state index in [0.29, 0.717) is 13.1 Å². The van der Waals surface area contributed by atoms with Crippen molar-refractivity contribution in [2.24, 2.45) is 0 Å². The number of carbonyl (C=O) groups is 1. The SMILES string of the molecule is CSCCN1CCN(C(=O)c2cc(F)ccc2O)CC1. The summed E-state index contributed by atoms with van der Waals surface area (Å²) < 4.78 is 13.2. The van der Waals surface area contributed by atoms with E-state index in [1.165, 1.54) is 6.07 Å². The molecule has 0 aliphatic carbocycles. The molecule has 110 valence electrons. The second-order valence-corrected chi connectivity index (χ2v) is 5.77. The number of carbonyl (C=O) groups excluding carboxylic acids is 1. The van der Waals surface area contributed by atoms with Crippen LogP contribution in [0.5, 0.6) is 5.75 Å². The molecule has 0 radical (unpaired) electrons. The molecular weight excluding hydrogens is 279 g/mol. The molecule has 0 saturated carbocycles. The fourth-order valence-corrected chi connectivity index (χ4v) is 2.69. The van der Waals surface area contributed by atoms with E-state index < -0.39 is 5.82 Å². The number of hydrogen-bond donors (Lipinski definition) is 1. The number of nitrogens with zero attached hydrogens (tertiary/aromatic N) is 2. The van der Waals surface area contributed by atoms with Crippen LogP contribution in [0.25, 0.3) is 0 Å². The van der Waals surface area contributed by atoms with Gasteiger partial charge in [0.25, 0.3) is 5.91 Å². The normalized spacial score (nSPS) is 16.4. The predicted molar refractivity (Wildman–Crippen MR) is 78.8 cm³/mol. The van der Waals surface area contributed by atoms with Gasteiger partial charge in [-0.05, 0) is 24.5 Å². The summed E-state index contributed by atoms with van der Waals surface area (Å²) >= 11 is 1.81. The molecule has 0 bridgehead atoms. The summed E-state index contributed by atoms with van der Waals surface area (Å²) in [7, 11) is 0. The van der Waals surface area contributed by atoms with E-state index in [1.807, 2.05) is 0 Å². The van der Waals surface area contributed by atoms with E-state index in [4.69, 9.17) is 0 Å². The largest absolute Gasteiger partial charge is 0.507 e. The molecule has 1 fully saturated rings. The quantitative estimate of drug-likeness (QED) is 0.918. The number of halogens is 1. The van der Waals surface area contributed by atoms with Crippen molar-refractivity contribution < 1.29 is 14.3 Å². The lowest BCUT2D eigenvalue weighted by Crippen LogP contribution is -2.49. The minimum Gasteiger partial charge on any atom is -0.507 e. The van der Waals surface area contributed by atoms with E-state index in [0.717, 1.165) is 37.5 Å². The molecule has 1 heterocycles. The highest BCUT2D eigenvalue weighted by atomic mass is 32.2. The third-order valence-electron chi connectivity index (χ3n) is 3.46. The van der Waals surface area contributed by atoms with Gasteiger partial charge in [0.05, 0.1) is 5.56 Å². The van der Waals surface area contributed by atoms with E-state index in [9.17, 15) is 14.3 Å². The van der Waals surface area contributed by atoms with Gasteiger partial charge in [0.15, 0.2) is 0 Å². The average molecular weight is 298 g/mol. The molecule has 1 aromatic carbocycles. The summed E-state index contributed by atoms with van der Waals surface area (Å²) in [5, 5.41) is 9.68. The zero-order valence-electron chi connectivity index (χ0n) is 11.5. The van der Waals surface area contributed by atoms with Crippen LogP contribution in [0.3, 0.4) is 0 Å². The van der Waals surface area contributed by atoms with Gasteiger partial charge >= 0.3 is 0 Å². The summed E-state index contributed by atoms with van der Waals surface area (Å²) in [4.78, 5) is 16.3. The van der Waals surface area contributed by atoms with Gasteiger partial charge in [0.1, 0.15) is 11.6 Å². The Balaban J connectivity index is 1.96. The molecule has 2 rings (SSSR count). The van der Waals surface area contributed by atoms with Gasteiger partial charge < -0.3 is 10.0 Å². The Bertz CT molecular complexity index is 476. The zero-order chi connectivity index (χ0) is 14.5. The Hall–Kier alpha value is -1.27. The standard InChI is InChI=1S/C14H19FN2O2S/c1-20-9-8-16-4-6-17(7-5-16)14(19)12-10-11(15)2-3-13(12)18/h2-3,10,18H,4-9H2,1H3. The number of thioether (sulfide) groups is 1. The highest BCUT2D eigenvalue weighted by Crippen LogP contribution is 2.20. The van der Waals surface area contributed by atoms with Crippen LogP contribution >= 0.6 is 11.8 Å². The van der Waals surface area contributed by atoms with Crippen molar-refractivity contribution in [2.75, 3.05) is 44.7 Å². The lowest BCUT2D eigenvalue weighted by Gasteiger charge is -2.34. The Morgan fingerprint density at radius 2 is 2.05 bits per heavy atom.